The minimum absolute atomic E-state index is 0.194. The second-order valence-corrected chi connectivity index (χ2v) is 6.96. The van der Waals surface area contributed by atoms with Gasteiger partial charge in [0.15, 0.2) is 0 Å². The average Bonchev–Trinajstić information content (AvgIpc) is 2.21. The van der Waals surface area contributed by atoms with Crippen molar-refractivity contribution in [2.24, 2.45) is 17.1 Å². The molecule has 0 amide bonds. The Morgan fingerprint density at radius 1 is 1.39 bits per heavy atom. The van der Waals surface area contributed by atoms with Crippen molar-refractivity contribution >= 4 is 11.6 Å². The lowest BCUT2D eigenvalue weighted by Gasteiger charge is -2.53. The highest BCUT2D eigenvalue weighted by Gasteiger charge is 2.49. The van der Waals surface area contributed by atoms with E-state index in [9.17, 15) is 4.39 Å². The summed E-state index contributed by atoms with van der Waals surface area (Å²) in [6.07, 6.45) is 1.90. The van der Waals surface area contributed by atoms with Crippen molar-refractivity contribution in [2.45, 2.75) is 39.0 Å². The Labute approximate surface area is 114 Å². The fraction of sp³-hybridized carbons (Fsp3) is 0.600. The van der Waals surface area contributed by atoms with Crippen molar-refractivity contribution in [1.82, 2.24) is 0 Å². The Bertz CT molecular complexity index is 444. The Balaban J connectivity index is 2.29. The van der Waals surface area contributed by atoms with Crippen molar-refractivity contribution in [3.05, 3.63) is 34.6 Å². The molecule has 0 bridgehead atoms. The van der Waals surface area contributed by atoms with E-state index in [1.54, 1.807) is 6.07 Å². The number of rotatable bonds is 2. The lowest BCUT2D eigenvalue weighted by atomic mass is 9.52. The predicted octanol–water partition coefficient (Wildman–Crippen LogP) is 4.13. The van der Waals surface area contributed by atoms with Gasteiger partial charge in [-0.3, -0.25) is 0 Å². The minimum Gasteiger partial charge on any atom is -0.330 e. The molecule has 2 rings (SSSR count). The predicted molar refractivity (Wildman–Crippen MR) is 74.3 cm³/mol. The number of benzene rings is 1. The molecule has 0 aromatic heterocycles. The van der Waals surface area contributed by atoms with Gasteiger partial charge in [-0.15, -0.1) is 0 Å². The van der Waals surface area contributed by atoms with E-state index in [2.05, 4.69) is 20.8 Å². The van der Waals surface area contributed by atoms with Gasteiger partial charge in [0.2, 0.25) is 0 Å². The topological polar surface area (TPSA) is 26.0 Å². The first-order valence-electron chi connectivity index (χ1n) is 6.45. The van der Waals surface area contributed by atoms with Crippen LogP contribution >= 0.6 is 11.6 Å². The van der Waals surface area contributed by atoms with Crippen LogP contribution in [0.5, 0.6) is 0 Å². The van der Waals surface area contributed by atoms with Crippen LogP contribution in [-0.4, -0.2) is 6.54 Å². The van der Waals surface area contributed by atoms with Crippen LogP contribution in [0.25, 0.3) is 0 Å². The average molecular weight is 270 g/mol. The Kier molecular flexibility index (Phi) is 3.46. The molecule has 18 heavy (non-hydrogen) atoms. The first-order valence-corrected chi connectivity index (χ1v) is 6.82. The summed E-state index contributed by atoms with van der Waals surface area (Å²) in [4.78, 5) is 0. The molecule has 0 heterocycles. The SMILES string of the molecule is CC(C)(C)C1CC(CN)(c2cccc(Cl)c2F)C1. The first-order chi connectivity index (χ1) is 8.30. The molecule has 1 aromatic carbocycles. The van der Waals surface area contributed by atoms with Crippen molar-refractivity contribution in [2.75, 3.05) is 6.54 Å². The third kappa shape index (κ3) is 2.17. The van der Waals surface area contributed by atoms with Gasteiger partial charge in [-0.2, -0.15) is 0 Å². The molecule has 0 unspecified atom stereocenters. The van der Waals surface area contributed by atoms with Gasteiger partial charge in [-0.05, 0) is 35.8 Å². The summed E-state index contributed by atoms with van der Waals surface area (Å²) < 4.78 is 14.1. The molecule has 1 aliphatic carbocycles. The fourth-order valence-electron chi connectivity index (χ4n) is 2.91. The summed E-state index contributed by atoms with van der Waals surface area (Å²) >= 11 is 5.87. The molecule has 100 valence electrons. The van der Waals surface area contributed by atoms with Crippen molar-refractivity contribution in [1.29, 1.82) is 0 Å². The molecule has 0 spiro atoms. The van der Waals surface area contributed by atoms with Gasteiger partial charge < -0.3 is 5.73 Å². The summed E-state index contributed by atoms with van der Waals surface area (Å²) in [5.74, 6) is 0.302. The highest BCUT2D eigenvalue weighted by molar-refractivity contribution is 6.30. The quantitative estimate of drug-likeness (QED) is 0.858. The van der Waals surface area contributed by atoms with Gasteiger partial charge >= 0.3 is 0 Å². The second kappa shape index (κ2) is 4.50. The third-order valence-electron chi connectivity index (χ3n) is 4.41. The lowest BCUT2D eigenvalue weighted by molar-refractivity contribution is 0.0482. The van der Waals surface area contributed by atoms with Gasteiger partial charge in [0, 0.05) is 12.0 Å². The molecule has 2 N–H and O–H groups in total. The smallest absolute Gasteiger partial charge is 0.145 e. The molecular weight excluding hydrogens is 249 g/mol. The van der Waals surface area contributed by atoms with E-state index in [0.717, 1.165) is 12.8 Å². The molecule has 0 saturated heterocycles. The summed E-state index contributed by atoms with van der Waals surface area (Å²) in [6.45, 7) is 7.17. The Hall–Kier alpha value is -0.600. The largest absolute Gasteiger partial charge is 0.330 e. The number of nitrogens with two attached hydrogens (primary N) is 1. The fourth-order valence-corrected chi connectivity index (χ4v) is 3.08. The summed E-state index contributed by atoms with van der Waals surface area (Å²) in [7, 11) is 0. The van der Waals surface area contributed by atoms with E-state index in [-0.39, 0.29) is 21.7 Å². The molecular formula is C15H21ClFN. The van der Waals surface area contributed by atoms with Crippen molar-refractivity contribution in [3.8, 4) is 0 Å². The molecule has 0 atom stereocenters. The van der Waals surface area contributed by atoms with Gasteiger partial charge in [0.25, 0.3) is 0 Å². The molecule has 1 aliphatic rings. The van der Waals surface area contributed by atoms with Crippen LogP contribution in [0.4, 0.5) is 4.39 Å². The van der Waals surface area contributed by atoms with Crippen LogP contribution in [-0.2, 0) is 5.41 Å². The molecule has 1 fully saturated rings. The molecule has 1 nitrogen and oxygen atoms in total. The molecule has 0 aliphatic heterocycles. The maximum absolute atomic E-state index is 14.1. The molecule has 0 radical (unpaired) electrons. The zero-order valence-electron chi connectivity index (χ0n) is 11.3. The van der Waals surface area contributed by atoms with Crippen LogP contribution < -0.4 is 5.73 Å². The number of hydrogen-bond donors (Lipinski definition) is 1. The second-order valence-electron chi connectivity index (χ2n) is 6.56. The maximum atomic E-state index is 14.1. The van der Waals surface area contributed by atoms with E-state index in [0.29, 0.717) is 18.0 Å². The van der Waals surface area contributed by atoms with E-state index in [1.165, 1.54) is 0 Å². The third-order valence-corrected chi connectivity index (χ3v) is 4.70. The van der Waals surface area contributed by atoms with E-state index >= 15 is 0 Å². The van der Waals surface area contributed by atoms with Gasteiger partial charge in [0.1, 0.15) is 5.82 Å². The van der Waals surface area contributed by atoms with Crippen LogP contribution in [0, 0.1) is 17.2 Å². The Morgan fingerprint density at radius 2 is 2.00 bits per heavy atom. The van der Waals surface area contributed by atoms with Gasteiger partial charge in [0.05, 0.1) is 5.02 Å². The van der Waals surface area contributed by atoms with Gasteiger partial charge in [-0.25, -0.2) is 4.39 Å². The zero-order valence-corrected chi connectivity index (χ0v) is 12.0. The van der Waals surface area contributed by atoms with Crippen molar-refractivity contribution < 1.29 is 4.39 Å². The minimum atomic E-state index is -0.294. The van der Waals surface area contributed by atoms with Crippen LogP contribution in [0.1, 0.15) is 39.2 Å². The maximum Gasteiger partial charge on any atom is 0.145 e. The van der Waals surface area contributed by atoms with E-state index < -0.39 is 0 Å². The van der Waals surface area contributed by atoms with E-state index in [1.807, 2.05) is 12.1 Å². The molecule has 1 saturated carbocycles. The first kappa shape index (κ1) is 13.8. The normalized spacial score (nSPS) is 28.0. The Morgan fingerprint density at radius 3 is 2.50 bits per heavy atom. The zero-order chi connectivity index (χ0) is 13.6. The monoisotopic (exact) mass is 269 g/mol. The van der Waals surface area contributed by atoms with Crippen molar-refractivity contribution in [3.63, 3.8) is 0 Å². The lowest BCUT2D eigenvalue weighted by Crippen LogP contribution is -2.51. The number of halogens is 2. The van der Waals surface area contributed by atoms with Gasteiger partial charge in [-0.1, -0.05) is 44.5 Å². The summed E-state index contributed by atoms with van der Waals surface area (Å²) in [5.41, 5.74) is 6.65. The molecule has 1 aromatic rings. The summed E-state index contributed by atoms with van der Waals surface area (Å²) in [5, 5.41) is 0.194. The van der Waals surface area contributed by atoms with Crippen LogP contribution in [0.15, 0.2) is 18.2 Å². The van der Waals surface area contributed by atoms with Crippen LogP contribution in [0.3, 0.4) is 0 Å². The molecule has 3 heteroatoms. The highest BCUT2D eigenvalue weighted by atomic mass is 35.5. The summed E-state index contributed by atoms with van der Waals surface area (Å²) in [6, 6.07) is 5.22. The standard InChI is InChI=1S/C15H21ClFN/c1-14(2,3)10-7-15(8-10,9-18)11-5-4-6-12(16)13(11)17/h4-6,10H,7-9,18H2,1-3H3. The highest BCUT2D eigenvalue weighted by Crippen LogP contribution is 2.54. The van der Waals surface area contributed by atoms with E-state index in [4.69, 9.17) is 17.3 Å². The van der Waals surface area contributed by atoms with Crippen LogP contribution in [0.2, 0.25) is 5.02 Å². The number of hydrogen-bond acceptors (Lipinski definition) is 1.